The smallest absolute Gasteiger partial charge is 0.115 e. The topological polar surface area (TPSA) is 24.7 Å². The molecule has 16 heavy (non-hydrogen) atoms. The van der Waals surface area contributed by atoms with Crippen molar-refractivity contribution < 1.29 is 0 Å². The van der Waals surface area contributed by atoms with Gasteiger partial charge in [0, 0.05) is 17.8 Å². The minimum absolute atomic E-state index is 0.712. The monoisotopic (exact) mass is 210 g/mol. The number of hydrogen-bond donors (Lipinski definition) is 0. The molecule has 0 saturated carbocycles. The van der Waals surface area contributed by atoms with Gasteiger partial charge in [0.15, 0.2) is 0 Å². The number of nitrogens with zero attached hydrogens (tertiary/aromatic N) is 2. The van der Waals surface area contributed by atoms with Crippen LogP contribution in [0.2, 0.25) is 0 Å². The van der Waals surface area contributed by atoms with E-state index in [1.165, 1.54) is 5.56 Å². The lowest BCUT2D eigenvalue weighted by atomic mass is 10.1. The van der Waals surface area contributed by atoms with E-state index in [-0.39, 0.29) is 0 Å². The lowest BCUT2D eigenvalue weighted by molar-refractivity contribution is 1.20. The van der Waals surface area contributed by atoms with Crippen molar-refractivity contribution >= 4 is 24.7 Å². The van der Waals surface area contributed by atoms with Gasteiger partial charge in [0.05, 0.1) is 0 Å². The quantitative estimate of drug-likeness (QED) is 0.672. The molecular formula is C14H14N2. The van der Waals surface area contributed by atoms with E-state index in [4.69, 9.17) is 0 Å². The maximum absolute atomic E-state index is 4.22. The van der Waals surface area contributed by atoms with Gasteiger partial charge in [0.25, 0.3) is 0 Å². The van der Waals surface area contributed by atoms with E-state index in [1.807, 2.05) is 6.08 Å². The molecule has 80 valence electrons. The number of rotatable bonds is 1. The van der Waals surface area contributed by atoms with E-state index in [2.05, 4.69) is 48.3 Å². The van der Waals surface area contributed by atoms with Crippen molar-refractivity contribution in [3.8, 4) is 0 Å². The van der Waals surface area contributed by atoms with Crippen LogP contribution in [0.25, 0.3) is 12.7 Å². The number of benzene rings is 1. The molecule has 1 aliphatic rings. The molecule has 0 bridgehead atoms. The van der Waals surface area contributed by atoms with E-state index in [0.29, 0.717) is 6.42 Å². The van der Waals surface area contributed by atoms with Crippen molar-refractivity contribution in [2.75, 3.05) is 0 Å². The molecule has 1 aromatic carbocycles. The number of allylic oxidation sites excluding steroid dienone is 1. The fourth-order valence-electron chi connectivity index (χ4n) is 1.63. The maximum atomic E-state index is 4.22. The second-order valence-electron chi connectivity index (χ2n) is 3.95. The third-order valence-corrected chi connectivity index (χ3v) is 2.47. The zero-order chi connectivity index (χ0) is 11.5. The Bertz CT molecular complexity index is 592. The molecule has 1 aliphatic heterocycles. The summed E-state index contributed by atoms with van der Waals surface area (Å²) >= 11 is 0. The molecule has 2 rings (SSSR count). The lowest BCUT2D eigenvalue weighted by Gasteiger charge is -2.04. The molecule has 2 nitrogen and oxygen atoms in total. The average molecular weight is 210 g/mol. The first-order valence-corrected chi connectivity index (χ1v) is 5.19. The summed E-state index contributed by atoms with van der Waals surface area (Å²) in [6, 6.07) is 6.21. The molecule has 0 amide bonds. The summed E-state index contributed by atoms with van der Waals surface area (Å²) < 4.78 is 0. The first-order valence-electron chi connectivity index (χ1n) is 5.19. The Morgan fingerprint density at radius 3 is 2.81 bits per heavy atom. The zero-order valence-corrected chi connectivity index (χ0v) is 9.40. The highest BCUT2D eigenvalue weighted by molar-refractivity contribution is 6.14. The second kappa shape index (κ2) is 4.27. The predicted molar refractivity (Wildman–Crippen MR) is 70.1 cm³/mol. The Balaban J connectivity index is 2.45. The molecular weight excluding hydrogens is 196 g/mol. The number of aryl methyl sites for hydroxylation is 1. The molecule has 0 unspecified atom stereocenters. The van der Waals surface area contributed by atoms with Gasteiger partial charge in [-0.05, 0) is 23.4 Å². The maximum Gasteiger partial charge on any atom is 0.115 e. The average Bonchev–Trinajstić information content (AvgIpc) is 2.22. The van der Waals surface area contributed by atoms with Crippen molar-refractivity contribution in [3.63, 3.8) is 0 Å². The molecule has 0 spiro atoms. The third kappa shape index (κ3) is 2.34. The van der Waals surface area contributed by atoms with Gasteiger partial charge in [0.1, 0.15) is 6.34 Å². The summed E-state index contributed by atoms with van der Waals surface area (Å²) in [5.74, 6) is 0. The largest absolute Gasteiger partial charge is 0.242 e. The van der Waals surface area contributed by atoms with Crippen molar-refractivity contribution in [2.45, 2.75) is 13.3 Å². The van der Waals surface area contributed by atoms with E-state index in [1.54, 1.807) is 6.34 Å². The fourth-order valence-corrected chi connectivity index (χ4v) is 1.63. The van der Waals surface area contributed by atoms with E-state index in [9.17, 15) is 0 Å². The van der Waals surface area contributed by atoms with Crippen LogP contribution in [0, 0.1) is 6.92 Å². The lowest BCUT2D eigenvalue weighted by Crippen LogP contribution is -2.24. The molecule has 0 saturated heterocycles. The molecule has 0 N–H and O–H groups in total. The van der Waals surface area contributed by atoms with Crippen molar-refractivity contribution in [1.82, 2.24) is 0 Å². The zero-order valence-electron chi connectivity index (χ0n) is 9.40. The summed E-state index contributed by atoms with van der Waals surface area (Å²) in [5, 5.41) is 2.13. The van der Waals surface area contributed by atoms with Crippen LogP contribution in [0.4, 0.5) is 0 Å². The SMILES string of the molecule is C=C1CC(/C=c2/ccc(C)cc2=C)=NC=N1. The molecule has 0 aromatic heterocycles. The molecule has 1 aromatic rings. The molecule has 0 fully saturated rings. The first-order chi connectivity index (χ1) is 7.65. The van der Waals surface area contributed by atoms with Crippen LogP contribution in [0.15, 0.2) is 40.5 Å². The van der Waals surface area contributed by atoms with Crippen LogP contribution >= 0.6 is 0 Å². The van der Waals surface area contributed by atoms with Gasteiger partial charge in [-0.2, -0.15) is 0 Å². The van der Waals surface area contributed by atoms with Crippen LogP contribution in [0.1, 0.15) is 12.0 Å². The first kappa shape index (κ1) is 10.6. The molecule has 0 radical (unpaired) electrons. The summed E-state index contributed by atoms with van der Waals surface area (Å²) in [6.45, 7) is 9.91. The van der Waals surface area contributed by atoms with Gasteiger partial charge < -0.3 is 0 Å². The van der Waals surface area contributed by atoms with Crippen LogP contribution in [-0.2, 0) is 0 Å². The highest BCUT2D eigenvalue weighted by Crippen LogP contribution is 2.06. The Morgan fingerprint density at radius 2 is 2.12 bits per heavy atom. The summed E-state index contributed by atoms with van der Waals surface area (Å²) in [7, 11) is 0. The van der Waals surface area contributed by atoms with Gasteiger partial charge in [-0.1, -0.05) is 36.9 Å². The molecule has 2 heteroatoms. The summed E-state index contributed by atoms with van der Waals surface area (Å²) in [6.07, 6.45) is 4.30. The Hall–Kier alpha value is -1.96. The molecule has 0 aliphatic carbocycles. The summed E-state index contributed by atoms with van der Waals surface area (Å²) in [4.78, 5) is 8.24. The Kier molecular flexibility index (Phi) is 2.82. The Morgan fingerprint density at radius 1 is 1.31 bits per heavy atom. The minimum atomic E-state index is 0.712. The third-order valence-electron chi connectivity index (χ3n) is 2.47. The highest BCUT2D eigenvalue weighted by atomic mass is 14.9. The van der Waals surface area contributed by atoms with E-state index in [0.717, 1.165) is 21.8 Å². The van der Waals surface area contributed by atoms with E-state index >= 15 is 0 Å². The van der Waals surface area contributed by atoms with Gasteiger partial charge in [-0.3, -0.25) is 0 Å². The fraction of sp³-hybridized carbons (Fsp3) is 0.143. The van der Waals surface area contributed by atoms with Crippen LogP contribution in [0.3, 0.4) is 0 Å². The van der Waals surface area contributed by atoms with Gasteiger partial charge in [-0.25, -0.2) is 9.98 Å². The van der Waals surface area contributed by atoms with Crippen LogP contribution in [0.5, 0.6) is 0 Å². The predicted octanol–water partition coefficient (Wildman–Crippen LogP) is 1.57. The number of aliphatic imine (C=N–C) groups is 2. The van der Waals surface area contributed by atoms with Crippen LogP contribution < -0.4 is 10.4 Å². The van der Waals surface area contributed by atoms with Crippen molar-refractivity contribution in [1.29, 1.82) is 0 Å². The standard InChI is InChI=1S/C14H14N2/c1-10-4-5-13(11(2)6-10)8-14-7-12(3)15-9-16-14/h4-6,8-9H,2-3,7H2,1H3/b13-8-. The normalized spacial score (nSPS) is 16.4. The van der Waals surface area contributed by atoms with E-state index < -0.39 is 0 Å². The summed E-state index contributed by atoms with van der Waals surface area (Å²) in [5.41, 5.74) is 3.05. The van der Waals surface area contributed by atoms with Crippen molar-refractivity contribution in [2.24, 2.45) is 9.98 Å². The van der Waals surface area contributed by atoms with Gasteiger partial charge >= 0.3 is 0 Å². The van der Waals surface area contributed by atoms with Gasteiger partial charge in [0.2, 0.25) is 0 Å². The second-order valence-corrected chi connectivity index (χ2v) is 3.95. The molecule has 0 atom stereocenters. The molecule has 1 heterocycles. The Labute approximate surface area is 95.1 Å². The van der Waals surface area contributed by atoms with Gasteiger partial charge in [-0.15, -0.1) is 0 Å². The van der Waals surface area contributed by atoms with Crippen LogP contribution in [-0.4, -0.2) is 12.1 Å². The number of hydrogen-bond acceptors (Lipinski definition) is 2. The minimum Gasteiger partial charge on any atom is -0.242 e. The highest BCUT2D eigenvalue weighted by Gasteiger charge is 2.01. The van der Waals surface area contributed by atoms with Crippen molar-refractivity contribution in [3.05, 3.63) is 46.5 Å².